The third-order valence-electron chi connectivity index (χ3n) is 2.51. The van der Waals surface area contributed by atoms with Crippen molar-refractivity contribution in [3.8, 4) is 17.3 Å². The van der Waals surface area contributed by atoms with E-state index in [0.717, 1.165) is 17.1 Å². The fourth-order valence-corrected chi connectivity index (χ4v) is 1.57. The molecule has 2 aromatic rings. The second-order valence-corrected chi connectivity index (χ2v) is 3.88. The summed E-state index contributed by atoms with van der Waals surface area (Å²) in [4.78, 5) is 8.61. The second kappa shape index (κ2) is 5.22. The van der Waals surface area contributed by atoms with Gasteiger partial charge >= 0.3 is 0 Å². The van der Waals surface area contributed by atoms with E-state index in [0.29, 0.717) is 12.8 Å². The number of hydrogen-bond donors (Lipinski definition) is 0. The van der Waals surface area contributed by atoms with Crippen molar-refractivity contribution in [2.75, 3.05) is 0 Å². The van der Waals surface area contributed by atoms with Crippen molar-refractivity contribution in [2.24, 2.45) is 0 Å². The molecule has 0 bridgehead atoms. The van der Waals surface area contributed by atoms with E-state index in [1.54, 1.807) is 6.20 Å². The van der Waals surface area contributed by atoms with Gasteiger partial charge in [-0.2, -0.15) is 5.26 Å². The molecular weight excluding hydrogens is 210 g/mol. The summed E-state index contributed by atoms with van der Waals surface area (Å²) in [6.07, 6.45) is 2.81. The van der Waals surface area contributed by atoms with Gasteiger partial charge in [0.05, 0.1) is 11.8 Å². The molecule has 84 valence electrons. The molecule has 2 rings (SSSR count). The predicted molar refractivity (Wildman–Crippen MR) is 66.1 cm³/mol. The Balaban J connectivity index is 2.27. The van der Waals surface area contributed by atoms with Gasteiger partial charge in [-0.25, -0.2) is 9.97 Å². The number of rotatable bonds is 3. The van der Waals surface area contributed by atoms with Crippen molar-refractivity contribution in [3.05, 3.63) is 47.9 Å². The molecule has 0 fully saturated rings. The van der Waals surface area contributed by atoms with Gasteiger partial charge in [0.1, 0.15) is 5.82 Å². The minimum Gasteiger partial charge on any atom is -0.241 e. The Morgan fingerprint density at radius 3 is 2.65 bits per heavy atom. The van der Waals surface area contributed by atoms with Crippen LogP contribution >= 0.6 is 0 Å². The maximum Gasteiger partial charge on any atom is 0.129 e. The van der Waals surface area contributed by atoms with Crippen LogP contribution < -0.4 is 0 Å². The maximum atomic E-state index is 8.54. The number of aryl methyl sites for hydroxylation is 2. The first-order valence-corrected chi connectivity index (χ1v) is 5.55. The van der Waals surface area contributed by atoms with Gasteiger partial charge in [-0.3, -0.25) is 0 Å². The van der Waals surface area contributed by atoms with Crippen LogP contribution in [0.5, 0.6) is 0 Å². The monoisotopic (exact) mass is 223 g/mol. The lowest BCUT2D eigenvalue weighted by Gasteiger charge is -2.03. The number of nitriles is 1. The highest BCUT2D eigenvalue weighted by molar-refractivity contribution is 5.58. The van der Waals surface area contributed by atoms with Crippen LogP contribution in [0.2, 0.25) is 0 Å². The molecule has 0 saturated heterocycles. The zero-order chi connectivity index (χ0) is 12.1. The summed E-state index contributed by atoms with van der Waals surface area (Å²) >= 11 is 0. The van der Waals surface area contributed by atoms with Crippen molar-refractivity contribution < 1.29 is 0 Å². The average molecular weight is 223 g/mol. The Bertz CT molecular complexity index is 538. The summed E-state index contributed by atoms with van der Waals surface area (Å²) in [5.41, 5.74) is 3.22. The van der Waals surface area contributed by atoms with Crippen LogP contribution in [0, 0.1) is 18.3 Å². The molecule has 0 amide bonds. The summed E-state index contributed by atoms with van der Waals surface area (Å²) in [7, 11) is 0. The van der Waals surface area contributed by atoms with E-state index in [2.05, 4.69) is 35.1 Å². The molecule has 0 saturated carbocycles. The number of hydrogen-bond acceptors (Lipinski definition) is 3. The van der Waals surface area contributed by atoms with Gasteiger partial charge in [0.2, 0.25) is 0 Å². The Hall–Kier alpha value is -2.21. The Morgan fingerprint density at radius 2 is 1.94 bits per heavy atom. The molecule has 0 N–H and O–H groups in total. The zero-order valence-corrected chi connectivity index (χ0v) is 9.72. The second-order valence-electron chi connectivity index (χ2n) is 3.88. The lowest BCUT2D eigenvalue weighted by molar-refractivity contribution is 0.887. The van der Waals surface area contributed by atoms with E-state index >= 15 is 0 Å². The molecule has 0 atom stereocenters. The molecule has 0 unspecified atom stereocenters. The molecule has 1 aromatic heterocycles. The van der Waals surface area contributed by atoms with Crippen LogP contribution in [-0.2, 0) is 6.42 Å². The number of nitrogens with zero attached hydrogens (tertiary/aromatic N) is 3. The predicted octanol–water partition coefficient (Wildman–Crippen LogP) is 2.91. The first-order valence-electron chi connectivity index (χ1n) is 5.55. The van der Waals surface area contributed by atoms with Crippen LogP contribution in [0.1, 0.15) is 17.8 Å². The SMILES string of the molecule is Cc1ccc(-c2ccnc(CCC#N)n2)cc1. The molecule has 0 aliphatic heterocycles. The van der Waals surface area contributed by atoms with Crippen LogP contribution in [0.15, 0.2) is 36.5 Å². The van der Waals surface area contributed by atoms with E-state index in [1.807, 2.05) is 18.2 Å². The van der Waals surface area contributed by atoms with Crippen molar-refractivity contribution >= 4 is 0 Å². The van der Waals surface area contributed by atoms with E-state index in [4.69, 9.17) is 5.26 Å². The van der Waals surface area contributed by atoms with Crippen LogP contribution in [0.3, 0.4) is 0 Å². The Labute approximate surface area is 101 Å². The van der Waals surface area contributed by atoms with Gasteiger partial charge in [-0.1, -0.05) is 29.8 Å². The first-order chi connectivity index (χ1) is 8.29. The Kier molecular flexibility index (Phi) is 3.46. The molecule has 3 nitrogen and oxygen atoms in total. The van der Waals surface area contributed by atoms with E-state index < -0.39 is 0 Å². The van der Waals surface area contributed by atoms with Gasteiger partial charge < -0.3 is 0 Å². The van der Waals surface area contributed by atoms with Gasteiger partial charge in [-0.05, 0) is 13.0 Å². The molecule has 3 heteroatoms. The molecular formula is C14H13N3. The smallest absolute Gasteiger partial charge is 0.129 e. The molecule has 0 aliphatic rings. The topological polar surface area (TPSA) is 49.6 Å². The van der Waals surface area contributed by atoms with Crippen LogP contribution in [-0.4, -0.2) is 9.97 Å². The fraction of sp³-hybridized carbons (Fsp3) is 0.214. The maximum absolute atomic E-state index is 8.54. The van der Waals surface area contributed by atoms with Crippen molar-refractivity contribution in [2.45, 2.75) is 19.8 Å². The minimum atomic E-state index is 0.456. The number of benzene rings is 1. The molecule has 0 aliphatic carbocycles. The molecule has 17 heavy (non-hydrogen) atoms. The summed E-state index contributed by atoms with van der Waals surface area (Å²) in [5, 5.41) is 8.54. The molecule has 0 spiro atoms. The lowest BCUT2D eigenvalue weighted by atomic mass is 10.1. The molecule has 1 heterocycles. The van der Waals surface area contributed by atoms with Crippen LogP contribution in [0.25, 0.3) is 11.3 Å². The first kappa shape index (κ1) is 11.3. The Morgan fingerprint density at radius 1 is 1.18 bits per heavy atom. The van der Waals surface area contributed by atoms with Crippen molar-refractivity contribution in [1.29, 1.82) is 5.26 Å². The van der Waals surface area contributed by atoms with Gasteiger partial charge in [-0.15, -0.1) is 0 Å². The summed E-state index contributed by atoms with van der Waals surface area (Å²) in [6, 6.07) is 12.2. The third-order valence-corrected chi connectivity index (χ3v) is 2.51. The summed E-state index contributed by atoms with van der Waals surface area (Å²) < 4.78 is 0. The van der Waals surface area contributed by atoms with E-state index in [9.17, 15) is 0 Å². The zero-order valence-electron chi connectivity index (χ0n) is 9.72. The molecule has 0 radical (unpaired) electrons. The number of aromatic nitrogens is 2. The quantitative estimate of drug-likeness (QED) is 0.803. The highest BCUT2D eigenvalue weighted by atomic mass is 14.9. The van der Waals surface area contributed by atoms with Gasteiger partial charge in [0, 0.05) is 24.6 Å². The van der Waals surface area contributed by atoms with Crippen molar-refractivity contribution in [1.82, 2.24) is 9.97 Å². The minimum absolute atomic E-state index is 0.456. The normalized spacial score (nSPS) is 9.88. The summed E-state index contributed by atoms with van der Waals surface area (Å²) in [6.45, 7) is 2.06. The standard InChI is InChI=1S/C14H13N3/c1-11-4-6-12(7-5-11)13-8-10-16-14(17-13)3-2-9-15/h4-8,10H,2-3H2,1H3. The van der Waals surface area contributed by atoms with Gasteiger partial charge in [0.25, 0.3) is 0 Å². The largest absolute Gasteiger partial charge is 0.241 e. The molecule has 1 aromatic carbocycles. The highest BCUT2D eigenvalue weighted by Gasteiger charge is 2.01. The van der Waals surface area contributed by atoms with Gasteiger partial charge in [0.15, 0.2) is 0 Å². The highest BCUT2D eigenvalue weighted by Crippen LogP contribution is 2.17. The van der Waals surface area contributed by atoms with Crippen LogP contribution in [0.4, 0.5) is 0 Å². The third kappa shape index (κ3) is 2.88. The summed E-state index contributed by atoms with van der Waals surface area (Å²) in [5.74, 6) is 0.727. The fourth-order valence-electron chi connectivity index (χ4n) is 1.57. The average Bonchev–Trinajstić information content (AvgIpc) is 2.37. The van der Waals surface area contributed by atoms with E-state index in [-0.39, 0.29) is 0 Å². The van der Waals surface area contributed by atoms with Crippen molar-refractivity contribution in [3.63, 3.8) is 0 Å². The lowest BCUT2D eigenvalue weighted by Crippen LogP contribution is -1.95. The van der Waals surface area contributed by atoms with E-state index in [1.165, 1.54) is 5.56 Å².